The number of hydrogen-bond acceptors (Lipinski definition) is 5. The van der Waals surface area contributed by atoms with Crippen molar-refractivity contribution in [3.63, 3.8) is 0 Å². The zero-order valence-electron chi connectivity index (χ0n) is 15.4. The molecule has 0 saturated carbocycles. The fourth-order valence-corrected chi connectivity index (χ4v) is 3.06. The number of hydrogen-bond donors (Lipinski definition) is 1. The third kappa shape index (κ3) is 4.74. The van der Waals surface area contributed by atoms with Gasteiger partial charge in [0.25, 0.3) is 0 Å². The van der Waals surface area contributed by atoms with Crippen LogP contribution in [0.4, 0.5) is 0 Å². The van der Waals surface area contributed by atoms with Crippen molar-refractivity contribution in [2.75, 3.05) is 26.8 Å². The van der Waals surface area contributed by atoms with E-state index >= 15 is 0 Å². The fraction of sp³-hybridized carbons (Fsp3) is 0.526. The summed E-state index contributed by atoms with van der Waals surface area (Å²) in [6.45, 7) is 4.42. The second-order valence-corrected chi connectivity index (χ2v) is 6.59. The van der Waals surface area contributed by atoms with Gasteiger partial charge < -0.3 is 19.5 Å². The molecule has 26 heavy (non-hydrogen) atoms. The van der Waals surface area contributed by atoms with Crippen LogP contribution in [0.1, 0.15) is 37.0 Å². The largest absolute Gasteiger partial charge is 0.493 e. The second-order valence-electron chi connectivity index (χ2n) is 6.59. The Morgan fingerprint density at radius 1 is 1.23 bits per heavy atom. The third-order valence-corrected chi connectivity index (χ3v) is 4.64. The van der Waals surface area contributed by atoms with Gasteiger partial charge in [-0.15, -0.1) is 0 Å². The molecule has 0 aromatic heterocycles. The van der Waals surface area contributed by atoms with Gasteiger partial charge in [-0.25, -0.2) is 0 Å². The molecule has 1 heterocycles. The highest BCUT2D eigenvalue weighted by Crippen LogP contribution is 2.28. The smallest absolute Gasteiger partial charge is 0.308 e. The predicted octanol–water partition coefficient (Wildman–Crippen LogP) is 2.24. The molecule has 7 heteroatoms. The van der Waals surface area contributed by atoms with E-state index in [9.17, 15) is 14.4 Å². The summed E-state index contributed by atoms with van der Waals surface area (Å²) in [7, 11) is 1.50. The minimum absolute atomic E-state index is 0.0308. The first-order valence-electron chi connectivity index (χ1n) is 8.65. The molecular formula is C19H25NO6. The number of carboxylic acids is 1. The van der Waals surface area contributed by atoms with Gasteiger partial charge in [0.1, 0.15) is 0 Å². The standard InChI is InChI=1S/C19H25NO6/c1-12-10-20(11-15(12)19(23)24)18(22)5-4-8-26-16-7-6-14(13(2)21)9-17(16)25-3/h6-7,9,12,15H,4-5,8,10-11H2,1-3H3,(H,23,24)/t12-,15-/m1/s1. The molecule has 0 aliphatic carbocycles. The molecule has 0 radical (unpaired) electrons. The number of ether oxygens (including phenoxy) is 2. The summed E-state index contributed by atoms with van der Waals surface area (Å²) in [5.74, 6) is -0.483. The van der Waals surface area contributed by atoms with Gasteiger partial charge in [-0.05, 0) is 37.5 Å². The lowest BCUT2D eigenvalue weighted by Gasteiger charge is -2.16. The quantitative estimate of drug-likeness (QED) is 0.562. The fourth-order valence-electron chi connectivity index (χ4n) is 3.06. The maximum atomic E-state index is 12.2. The molecule has 1 amide bonds. The molecule has 7 nitrogen and oxygen atoms in total. The summed E-state index contributed by atoms with van der Waals surface area (Å²) < 4.78 is 10.9. The topological polar surface area (TPSA) is 93.1 Å². The van der Waals surface area contributed by atoms with Gasteiger partial charge in [-0.1, -0.05) is 6.92 Å². The van der Waals surface area contributed by atoms with Crippen LogP contribution in [-0.2, 0) is 9.59 Å². The zero-order chi connectivity index (χ0) is 19.3. The molecule has 1 N–H and O–H groups in total. The van der Waals surface area contributed by atoms with Gasteiger partial charge in [0.05, 0.1) is 19.6 Å². The van der Waals surface area contributed by atoms with E-state index in [1.807, 2.05) is 6.92 Å². The summed E-state index contributed by atoms with van der Waals surface area (Å²) in [4.78, 5) is 36.4. The number of amides is 1. The zero-order valence-corrected chi connectivity index (χ0v) is 15.4. The number of likely N-dealkylation sites (tertiary alicyclic amines) is 1. The van der Waals surface area contributed by atoms with Crippen molar-refractivity contribution in [3.05, 3.63) is 23.8 Å². The van der Waals surface area contributed by atoms with Crippen LogP contribution in [0.15, 0.2) is 18.2 Å². The molecule has 2 atom stereocenters. The van der Waals surface area contributed by atoms with Crippen LogP contribution in [0.3, 0.4) is 0 Å². The van der Waals surface area contributed by atoms with Crippen LogP contribution >= 0.6 is 0 Å². The predicted molar refractivity (Wildman–Crippen MR) is 94.6 cm³/mol. The number of methoxy groups -OCH3 is 1. The van der Waals surface area contributed by atoms with Crippen molar-refractivity contribution in [2.24, 2.45) is 11.8 Å². The SMILES string of the molecule is COc1cc(C(C)=O)ccc1OCCCC(=O)N1C[C@@H](C)[C@H](C(=O)O)C1. The Bertz CT molecular complexity index is 687. The van der Waals surface area contributed by atoms with Gasteiger partial charge >= 0.3 is 5.97 Å². The van der Waals surface area contributed by atoms with Gasteiger partial charge in [0.15, 0.2) is 17.3 Å². The van der Waals surface area contributed by atoms with E-state index in [1.54, 1.807) is 23.1 Å². The summed E-state index contributed by atoms with van der Waals surface area (Å²) >= 11 is 0. The first-order valence-corrected chi connectivity index (χ1v) is 8.65. The number of rotatable bonds is 8. The van der Waals surface area contributed by atoms with Gasteiger partial charge in [0, 0.05) is 25.1 Å². The van der Waals surface area contributed by atoms with Crippen LogP contribution in [0, 0.1) is 11.8 Å². The third-order valence-electron chi connectivity index (χ3n) is 4.64. The van der Waals surface area contributed by atoms with Crippen molar-refractivity contribution in [2.45, 2.75) is 26.7 Å². The van der Waals surface area contributed by atoms with Crippen molar-refractivity contribution >= 4 is 17.7 Å². The lowest BCUT2D eigenvalue weighted by molar-refractivity contribution is -0.142. The second kappa shape index (κ2) is 8.69. The van der Waals surface area contributed by atoms with Gasteiger partial charge in [-0.2, -0.15) is 0 Å². The number of carbonyl (C=O) groups excluding carboxylic acids is 2. The van der Waals surface area contributed by atoms with E-state index in [2.05, 4.69) is 0 Å². The van der Waals surface area contributed by atoms with Crippen LogP contribution < -0.4 is 9.47 Å². The number of ketones is 1. The number of benzene rings is 1. The summed E-state index contributed by atoms with van der Waals surface area (Å²) in [6, 6.07) is 4.97. The average Bonchev–Trinajstić information content (AvgIpc) is 3.00. The maximum absolute atomic E-state index is 12.2. The molecule has 0 spiro atoms. The Morgan fingerprint density at radius 2 is 1.96 bits per heavy atom. The number of nitrogens with zero attached hydrogens (tertiary/aromatic N) is 1. The lowest BCUT2D eigenvalue weighted by atomic mass is 9.99. The first kappa shape index (κ1) is 19.8. The van der Waals surface area contributed by atoms with Crippen LogP contribution in [0.25, 0.3) is 0 Å². The number of aliphatic carboxylic acids is 1. The van der Waals surface area contributed by atoms with E-state index in [4.69, 9.17) is 14.6 Å². The minimum Gasteiger partial charge on any atom is -0.493 e. The number of carbonyl (C=O) groups is 3. The number of Topliss-reactive ketones (excluding diaryl/α,β-unsaturated/α-hetero) is 1. The molecule has 2 rings (SSSR count). The van der Waals surface area contributed by atoms with Crippen LogP contribution in [0.5, 0.6) is 11.5 Å². The van der Waals surface area contributed by atoms with Crippen molar-refractivity contribution in [3.8, 4) is 11.5 Å². The Hall–Kier alpha value is -2.57. The highest BCUT2D eigenvalue weighted by Gasteiger charge is 2.36. The summed E-state index contributed by atoms with van der Waals surface area (Å²) in [5, 5.41) is 9.14. The van der Waals surface area contributed by atoms with E-state index in [1.165, 1.54) is 14.0 Å². The Balaban J connectivity index is 1.81. The summed E-state index contributed by atoms with van der Waals surface area (Å²) in [6.07, 6.45) is 0.811. The van der Waals surface area contributed by atoms with Crippen LogP contribution in [0.2, 0.25) is 0 Å². The molecule has 1 aromatic carbocycles. The van der Waals surface area contributed by atoms with E-state index in [0.717, 1.165) is 0 Å². The molecule has 1 aromatic rings. The molecule has 1 saturated heterocycles. The van der Waals surface area contributed by atoms with Crippen LogP contribution in [-0.4, -0.2) is 54.5 Å². The molecule has 1 fully saturated rings. The van der Waals surface area contributed by atoms with E-state index < -0.39 is 11.9 Å². The highest BCUT2D eigenvalue weighted by atomic mass is 16.5. The van der Waals surface area contributed by atoms with Crippen molar-refractivity contribution in [1.82, 2.24) is 4.90 Å². The molecular weight excluding hydrogens is 338 g/mol. The normalized spacial score (nSPS) is 19.3. The maximum Gasteiger partial charge on any atom is 0.308 e. The molecule has 1 aliphatic rings. The Morgan fingerprint density at radius 3 is 2.54 bits per heavy atom. The van der Waals surface area contributed by atoms with E-state index in [0.29, 0.717) is 43.1 Å². The van der Waals surface area contributed by atoms with Gasteiger partial charge in [0.2, 0.25) is 5.91 Å². The average molecular weight is 363 g/mol. The van der Waals surface area contributed by atoms with E-state index in [-0.39, 0.29) is 24.2 Å². The van der Waals surface area contributed by atoms with Crippen molar-refractivity contribution < 1.29 is 29.0 Å². The highest BCUT2D eigenvalue weighted by molar-refractivity contribution is 5.94. The molecule has 0 bridgehead atoms. The molecule has 142 valence electrons. The number of carboxylic acid groups (broad SMARTS) is 1. The summed E-state index contributed by atoms with van der Waals surface area (Å²) in [5.41, 5.74) is 0.542. The first-order chi connectivity index (χ1) is 12.3. The Kier molecular flexibility index (Phi) is 6.60. The Labute approximate surface area is 152 Å². The molecule has 0 unspecified atom stereocenters. The minimum atomic E-state index is -0.850. The van der Waals surface area contributed by atoms with Crippen molar-refractivity contribution in [1.29, 1.82) is 0 Å². The lowest BCUT2D eigenvalue weighted by Crippen LogP contribution is -2.30. The monoisotopic (exact) mass is 363 g/mol. The molecule has 1 aliphatic heterocycles. The van der Waals surface area contributed by atoms with Gasteiger partial charge in [-0.3, -0.25) is 14.4 Å².